The van der Waals surface area contributed by atoms with Crippen LogP contribution in [0.25, 0.3) is 0 Å². The van der Waals surface area contributed by atoms with Crippen molar-refractivity contribution in [1.82, 2.24) is 0 Å². The fraction of sp³-hybridized carbons (Fsp3) is 0.625. The number of carbonyl (C=O) groups excluding carboxylic acids is 3. The molecule has 0 amide bonds. The van der Waals surface area contributed by atoms with Crippen LogP contribution in [0.1, 0.15) is 26.2 Å². The van der Waals surface area contributed by atoms with E-state index in [0.717, 1.165) is 13.3 Å². The lowest BCUT2D eigenvalue weighted by Gasteiger charge is -2.04. The minimum Gasteiger partial charge on any atom is -0.393 e. The van der Waals surface area contributed by atoms with Crippen molar-refractivity contribution in [2.24, 2.45) is 5.92 Å². The molecule has 1 unspecified atom stereocenters. The van der Waals surface area contributed by atoms with Crippen molar-refractivity contribution in [3.63, 3.8) is 0 Å². The average Bonchev–Trinajstić information content (AvgIpc) is 2.33. The predicted molar refractivity (Wildman–Crippen MR) is 47.7 cm³/mol. The van der Waals surface area contributed by atoms with Crippen LogP contribution in [0.4, 0.5) is 0 Å². The first-order valence-electron chi connectivity index (χ1n) is 3.86. The van der Waals surface area contributed by atoms with E-state index in [1.807, 2.05) is 0 Å². The highest BCUT2D eigenvalue weighted by Gasteiger charge is 2.32. The number of ether oxygens (including phenoxy) is 1. The first kappa shape index (κ1) is 12.6. The second-order valence-corrected chi connectivity index (χ2v) is 2.82. The molecule has 70 valence electrons. The number of ketones is 1. The van der Waals surface area contributed by atoms with Crippen molar-refractivity contribution in [2.75, 3.05) is 0 Å². The van der Waals surface area contributed by atoms with Crippen LogP contribution in [0.15, 0.2) is 0 Å². The fourth-order valence-electron chi connectivity index (χ4n) is 1.28. The summed E-state index contributed by atoms with van der Waals surface area (Å²) in [5.74, 6) is -2.14. The Morgan fingerprint density at radius 3 is 2.46 bits per heavy atom. The maximum atomic E-state index is 11.0. The number of rotatable bonds is 1. The van der Waals surface area contributed by atoms with Gasteiger partial charge in [0.2, 0.25) is 0 Å². The van der Waals surface area contributed by atoms with Gasteiger partial charge in [0.25, 0.3) is 0 Å². The number of esters is 2. The molecule has 1 rings (SSSR count). The summed E-state index contributed by atoms with van der Waals surface area (Å²) in [6.07, 6.45) is 1.67. The lowest BCUT2D eigenvalue weighted by molar-refractivity contribution is -0.161. The lowest BCUT2D eigenvalue weighted by atomic mass is 10.1. The van der Waals surface area contributed by atoms with Crippen LogP contribution >= 0.6 is 0 Å². The second-order valence-electron chi connectivity index (χ2n) is 2.82. The molecular formula is C8H12MgO4. The van der Waals surface area contributed by atoms with E-state index in [2.05, 4.69) is 4.74 Å². The molecule has 0 aromatic rings. The highest BCUT2D eigenvalue weighted by atomic mass is 24.3. The smallest absolute Gasteiger partial charge is 0.324 e. The van der Waals surface area contributed by atoms with Crippen LogP contribution in [0.2, 0.25) is 0 Å². The summed E-state index contributed by atoms with van der Waals surface area (Å²) in [6.45, 7) is 1.15. The van der Waals surface area contributed by atoms with Gasteiger partial charge >= 0.3 is 35.0 Å². The van der Waals surface area contributed by atoms with Crippen LogP contribution < -0.4 is 0 Å². The summed E-state index contributed by atoms with van der Waals surface area (Å²) in [5, 5.41) is 0. The third kappa shape index (κ3) is 3.44. The molecule has 1 atom stereocenters. The zero-order chi connectivity index (χ0) is 9.14. The van der Waals surface area contributed by atoms with E-state index in [0.29, 0.717) is 12.8 Å². The Hall–Kier alpha value is -0.424. The molecule has 1 aliphatic carbocycles. The van der Waals surface area contributed by atoms with Crippen molar-refractivity contribution in [3.8, 4) is 0 Å². The number of hydrogen-bond acceptors (Lipinski definition) is 4. The second kappa shape index (κ2) is 5.34. The summed E-state index contributed by atoms with van der Waals surface area (Å²) < 4.78 is 4.31. The minimum atomic E-state index is -0.690. The van der Waals surface area contributed by atoms with E-state index >= 15 is 0 Å². The molecule has 0 heterocycles. The predicted octanol–water partition coefficient (Wildman–Crippen LogP) is -0.471. The van der Waals surface area contributed by atoms with Crippen molar-refractivity contribution >= 4 is 40.8 Å². The molecule has 0 N–H and O–H groups in total. The Labute approximate surface area is 92.2 Å². The van der Waals surface area contributed by atoms with Gasteiger partial charge in [-0.3, -0.25) is 14.4 Å². The summed E-state index contributed by atoms with van der Waals surface area (Å²) in [4.78, 5) is 32.4. The molecular weight excluding hydrogens is 184 g/mol. The topological polar surface area (TPSA) is 60.4 Å². The van der Waals surface area contributed by atoms with Gasteiger partial charge in [0, 0.05) is 13.3 Å². The first-order valence-corrected chi connectivity index (χ1v) is 3.86. The minimum absolute atomic E-state index is 0. The van der Waals surface area contributed by atoms with E-state index in [-0.39, 0.29) is 28.8 Å². The summed E-state index contributed by atoms with van der Waals surface area (Å²) in [6, 6.07) is 0. The molecule has 0 aliphatic heterocycles. The lowest BCUT2D eigenvalue weighted by Crippen LogP contribution is -2.22. The summed E-state index contributed by atoms with van der Waals surface area (Å²) in [7, 11) is 0. The number of hydrogen-bond donors (Lipinski definition) is 0. The molecule has 1 saturated carbocycles. The summed E-state index contributed by atoms with van der Waals surface area (Å²) >= 11 is 0. The first-order chi connectivity index (χ1) is 5.61. The highest BCUT2D eigenvalue weighted by Crippen LogP contribution is 2.22. The van der Waals surface area contributed by atoms with Gasteiger partial charge in [-0.25, -0.2) is 0 Å². The van der Waals surface area contributed by atoms with E-state index in [4.69, 9.17) is 0 Å². The molecule has 0 saturated heterocycles. The van der Waals surface area contributed by atoms with Crippen LogP contribution in [-0.2, 0) is 19.1 Å². The van der Waals surface area contributed by atoms with Crippen LogP contribution in [-0.4, -0.2) is 40.8 Å². The molecule has 0 spiro atoms. The number of Topliss-reactive ketones (excluding diaryl/α,β-unsaturated/α-hetero) is 1. The third-order valence-electron chi connectivity index (χ3n) is 1.83. The van der Waals surface area contributed by atoms with E-state index in [1.54, 1.807) is 0 Å². The van der Waals surface area contributed by atoms with Crippen molar-refractivity contribution in [1.29, 1.82) is 0 Å². The maximum absolute atomic E-state index is 11.0. The Bertz CT molecular complexity index is 236. The SMILES string of the molecule is CC(=O)OC(=O)C1CCCC1=O.[MgH2]. The van der Waals surface area contributed by atoms with Gasteiger partial charge in [-0.05, 0) is 12.8 Å². The van der Waals surface area contributed by atoms with Crippen LogP contribution in [0, 0.1) is 5.92 Å². The largest absolute Gasteiger partial charge is 0.393 e. The van der Waals surface area contributed by atoms with E-state index < -0.39 is 17.9 Å². The molecule has 1 fully saturated rings. The molecule has 0 radical (unpaired) electrons. The Morgan fingerprint density at radius 1 is 1.46 bits per heavy atom. The van der Waals surface area contributed by atoms with Crippen molar-refractivity contribution in [2.45, 2.75) is 26.2 Å². The molecule has 0 bridgehead atoms. The molecule has 13 heavy (non-hydrogen) atoms. The monoisotopic (exact) mass is 196 g/mol. The number of carbonyl (C=O) groups is 3. The normalized spacial score (nSPS) is 20.7. The van der Waals surface area contributed by atoms with E-state index in [9.17, 15) is 14.4 Å². The Kier molecular flexibility index (Phi) is 5.16. The standard InChI is InChI=1S/C8H10O4.Mg.2H/c1-5(9)12-8(11)6-3-2-4-7(6)10;;;/h6H,2-4H2,1H3;;;. The Morgan fingerprint density at radius 2 is 2.08 bits per heavy atom. The highest BCUT2D eigenvalue weighted by molar-refractivity contribution is 6.03. The fourth-order valence-corrected chi connectivity index (χ4v) is 1.28. The zero-order valence-electron chi connectivity index (χ0n) is 6.83. The van der Waals surface area contributed by atoms with Crippen molar-refractivity contribution in [3.05, 3.63) is 0 Å². The Balaban J connectivity index is 0.00000144. The molecule has 1 aliphatic rings. The molecule has 5 heteroatoms. The molecule has 0 aromatic heterocycles. The van der Waals surface area contributed by atoms with Crippen LogP contribution in [0.3, 0.4) is 0 Å². The van der Waals surface area contributed by atoms with Gasteiger partial charge < -0.3 is 4.74 Å². The van der Waals surface area contributed by atoms with Gasteiger partial charge in [-0.15, -0.1) is 0 Å². The quantitative estimate of drug-likeness (QED) is 0.323. The van der Waals surface area contributed by atoms with Gasteiger partial charge in [0.15, 0.2) is 0 Å². The van der Waals surface area contributed by atoms with Gasteiger partial charge in [0.1, 0.15) is 11.7 Å². The van der Waals surface area contributed by atoms with Crippen LogP contribution in [0.5, 0.6) is 0 Å². The van der Waals surface area contributed by atoms with Gasteiger partial charge in [-0.1, -0.05) is 0 Å². The molecule has 0 aromatic carbocycles. The molecule has 4 nitrogen and oxygen atoms in total. The third-order valence-corrected chi connectivity index (χ3v) is 1.83. The zero-order valence-corrected chi connectivity index (χ0v) is 6.83. The average molecular weight is 196 g/mol. The van der Waals surface area contributed by atoms with Gasteiger partial charge in [-0.2, -0.15) is 0 Å². The van der Waals surface area contributed by atoms with E-state index in [1.165, 1.54) is 0 Å². The summed E-state index contributed by atoms with van der Waals surface area (Å²) in [5.41, 5.74) is 0. The van der Waals surface area contributed by atoms with Crippen molar-refractivity contribution < 1.29 is 19.1 Å². The van der Waals surface area contributed by atoms with Gasteiger partial charge in [0.05, 0.1) is 0 Å². The maximum Gasteiger partial charge on any atom is 0.324 e.